The van der Waals surface area contributed by atoms with E-state index in [1.165, 1.54) is 23.9 Å². The zero-order valence-corrected chi connectivity index (χ0v) is 13.5. The van der Waals surface area contributed by atoms with Crippen LogP contribution in [0.15, 0.2) is 4.99 Å². The summed E-state index contributed by atoms with van der Waals surface area (Å²) < 4.78 is 17.1. The Hall–Kier alpha value is 0.360. The van der Waals surface area contributed by atoms with Crippen molar-refractivity contribution in [2.24, 2.45) is 10.9 Å². The van der Waals surface area contributed by atoms with Gasteiger partial charge in [-0.1, -0.05) is 38.0 Å². The molecule has 0 aliphatic heterocycles. The molecule has 0 rings (SSSR count). The van der Waals surface area contributed by atoms with E-state index in [1.807, 2.05) is 0 Å². The van der Waals surface area contributed by atoms with Gasteiger partial charge in [0, 0.05) is 29.8 Å². The van der Waals surface area contributed by atoms with Crippen molar-refractivity contribution in [3.8, 4) is 0 Å². The smallest absolute Gasteiger partial charge is 0.309 e. The van der Waals surface area contributed by atoms with Crippen LogP contribution in [0, 0.1) is 5.92 Å². The largest absolute Gasteiger partial charge is 0.361 e. The lowest BCUT2D eigenvalue weighted by Gasteiger charge is -2.13. The van der Waals surface area contributed by atoms with Crippen molar-refractivity contribution >= 4 is 34.3 Å². The Kier molecular flexibility index (Phi) is 10.5. The fourth-order valence-corrected chi connectivity index (χ4v) is 6.14. The fraction of sp³-hybridized carbons (Fsp3) is 0.900. The predicted octanol–water partition coefficient (Wildman–Crippen LogP) is 4.20. The van der Waals surface area contributed by atoms with Crippen LogP contribution in [0.3, 0.4) is 0 Å². The Morgan fingerprint density at radius 3 is 2.76 bits per heavy atom. The number of unbranched alkanes of at least 4 members (excludes halogenated alkanes) is 1. The van der Waals surface area contributed by atoms with Crippen LogP contribution in [0.1, 0.15) is 33.6 Å². The summed E-state index contributed by atoms with van der Waals surface area (Å²) in [6, 6.07) is 0. The molecule has 1 atom stereocenters. The number of nitrogens with one attached hydrogen (secondary N) is 1. The summed E-state index contributed by atoms with van der Waals surface area (Å²) in [6.07, 6.45) is 3.77. The fourth-order valence-electron chi connectivity index (χ4n) is 0.790. The van der Waals surface area contributed by atoms with Crippen molar-refractivity contribution < 1.29 is 9.09 Å². The first-order valence-corrected chi connectivity index (χ1v) is 10.3. The van der Waals surface area contributed by atoms with Gasteiger partial charge in [0.25, 0.3) is 0 Å². The highest BCUT2D eigenvalue weighted by Crippen LogP contribution is 2.60. The normalized spacial score (nSPS) is 15.4. The Morgan fingerprint density at radius 1 is 1.53 bits per heavy atom. The average molecular weight is 298 g/mol. The Bertz CT molecular complexity index is 263. The maximum absolute atomic E-state index is 12.1. The van der Waals surface area contributed by atoms with Crippen LogP contribution in [-0.4, -0.2) is 25.7 Å². The molecule has 4 nitrogen and oxygen atoms in total. The van der Waals surface area contributed by atoms with Crippen LogP contribution < -0.4 is 5.09 Å². The third kappa shape index (κ3) is 10.0. The monoisotopic (exact) mass is 298 g/mol. The van der Waals surface area contributed by atoms with E-state index in [0.29, 0.717) is 5.92 Å². The lowest BCUT2D eigenvalue weighted by atomic mass is 10.2. The first-order valence-electron chi connectivity index (χ1n) is 5.77. The summed E-state index contributed by atoms with van der Waals surface area (Å²) in [5.41, 5.74) is 0. The van der Waals surface area contributed by atoms with Gasteiger partial charge in [0.15, 0.2) is 0 Å². The maximum Gasteiger partial charge on any atom is 0.361 e. The highest BCUT2D eigenvalue weighted by Gasteiger charge is 2.21. The van der Waals surface area contributed by atoms with Gasteiger partial charge in [-0.15, -0.1) is 0 Å². The molecule has 1 unspecified atom stereocenters. The standard InChI is InChI=1S/C10H23N2O2PS2/c1-5-6-7-16-17-15(13,14-4)12-9-11-8-10(2)3/h9-10H,5-8H2,1-4H3,(H,11,12,13). The Labute approximate surface area is 112 Å². The van der Waals surface area contributed by atoms with Gasteiger partial charge in [-0.05, 0) is 12.3 Å². The van der Waals surface area contributed by atoms with Gasteiger partial charge >= 0.3 is 6.72 Å². The molecule has 0 aromatic rings. The second-order valence-electron chi connectivity index (χ2n) is 3.95. The first-order chi connectivity index (χ1) is 8.04. The molecule has 0 bridgehead atoms. The molecule has 17 heavy (non-hydrogen) atoms. The zero-order valence-electron chi connectivity index (χ0n) is 11.0. The molecule has 0 aromatic heterocycles. The molecule has 0 aromatic carbocycles. The SMILES string of the molecule is CCCCSSP(=O)(NC=NCC(C)C)OC. The molecule has 7 heteroatoms. The summed E-state index contributed by atoms with van der Waals surface area (Å²) in [5, 5.41) is 2.76. The quantitative estimate of drug-likeness (QED) is 0.215. The maximum atomic E-state index is 12.1. The van der Waals surface area contributed by atoms with E-state index in [-0.39, 0.29) is 0 Å². The van der Waals surface area contributed by atoms with E-state index in [4.69, 9.17) is 4.52 Å². The van der Waals surface area contributed by atoms with Crippen LogP contribution in [0.4, 0.5) is 0 Å². The molecule has 0 saturated heterocycles. The second-order valence-corrected chi connectivity index (χ2v) is 10.3. The van der Waals surface area contributed by atoms with Gasteiger partial charge in [-0.25, -0.2) is 0 Å². The van der Waals surface area contributed by atoms with Gasteiger partial charge in [-0.3, -0.25) is 14.6 Å². The third-order valence-electron chi connectivity index (χ3n) is 1.75. The number of rotatable bonds is 10. The van der Waals surface area contributed by atoms with E-state index >= 15 is 0 Å². The van der Waals surface area contributed by atoms with Crippen molar-refractivity contribution in [2.45, 2.75) is 33.6 Å². The molecule has 1 N–H and O–H groups in total. The minimum atomic E-state index is -2.82. The van der Waals surface area contributed by atoms with Crippen molar-refractivity contribution in [2.75, 3.05) is 19.4 Å². The molecular formula is C10H23N2O2PS2. The van der Waals surface area contributed by atoms with Crippen LogP contribution in [-0.2, 0) is 9.09 Å². The molecule has 0 saturated carbocycles. The summed E-state index contributed by atoms with van der Waals surface area (Å²) in [6.45, 7) is 4.22. The van der Waals surface area contributed by atoms with Gasteiger partial charge in [0.1, 0.15) is 0 Å². The van der Waals surface area contributed by atoms with Crippen molar-refractivity contribution in [1.82, 2.24) is 5.09 Å². The lowest BCUT2D eigenvalue weighted by Crippen LogP contribution is -2.07. The van der Waals surface area contributed by atoms with Gasteiger partial charge in [0.05, 0.1) is 6.34 Å². The second kappa shape index (κ2) is 10.3. The lowest BCUT2D eigenvalue weighted by molar-refractivity contribution is 0.406. The zero-order chi connectivity index (χ0) is 13.1. The van der Waals surface area contributed by atoms with E-state index in [1.54, 1.807) is 10.8 Å². The molecule has 0 spiro atoms. The van der Waals surface area contributed by atoms with E-state index in [9.17, 15) is 4.57 Å². The van der Waals surface area contributed by atoms with Gasteiger partial charge in [0.2, 0.25) is 0 Å². The average Bonchev–Trinajstić information content (AvgIpc) is 2.30. The molecule has 0 radical (unpaired) electrons. The Morgan fingerprint density at radius 2 is 2.24 bits per heavy atom. The topological polar surface area (TPSA) is 50.7 Å². The first kappa shape index (κ1) is 17.4. The molecule has 0 aliphatic carbocycles. The predicted molar refractivity (Wildman–Crippen MR) is 80.9 cm³/mol. The van der Waals surface area contributed by atoms with Crippen LogP contribution in [0.5, 0.6) is 0 Å². The summed E-state index contributed by atoms with van der Waals surface area (Å²) in [4.78, 5) is 4.14. The highest BCUT2D eigenvalue weighted by atomic mass is 33.3. The number of hydrogen-bond acceptors (Lipinski definition) is 5. The third-order valence-corrected chi connectivity index (χ3v) is 8.30. The van der Waals surface area contributed by atoms with Crippen molar-refractivity contribution in [3.05, 3.63) is 0 Å². The molecule has 0 aliphatic rings. The molecule has 102 valence electrons. The van der Waals surface area contributed by atoms with Crippen molar-refractivity contribution in [1.29, 1.82) is 0 Å². The molecule has 0 heterocycles. The Balaban J connectivity index is 3.92. The molecule has 0 amide bonds. The highest BCUT2D eigenvalue weighted by molar-refractivity contribution is 8.99. The number of hydrogen-bond donors (Lipinski definition) is 1. The minimum absolute atomic E-state index is 0.501. The van der Waals surface area contributed by atoms with E-state index in [0.717, 1.165) is 25.1 Å². The van der Waals surface area contributed by atoms with E-state index in [2.05, 4.69) is 30.9 Å². The van der Waals surface area contributed by atoms with Crippen LogP contribution in [0.2, 0.25) is 0 Å². The summed E-state index contributed by atoms with van der Waals surface area (Å²) >= 11 is 0. The van der Waals surface area contributed by atoms with Crippen LogP contribution >= 0.6 is 27.9 Å². The van der Waals surface area contributed by atoms with Gasteiger partial charge in [-0.2, -0.15) is 0 Å². The summed E-state index contributed by atoms with van der Waals surface area (Å²) in [7, 11) is 4.30. The number of nitrogens with zero attached hydrogens (tertiary/aromatic N) is 1. The summed E-state index contributed by atoms with van der Waals surface area (Å²) in [5.74, 6) is 1.49. The minimum Gasteiger partial charge on any atom is -0.309 e. The van der Waals surface area contributed by atoms with Gasteiger partial charge < -0.3 is 4.52 Å². The van der Waals surface area contributed by atoms with E-state index < -0.39 is 6.72 Å². The number of aliphatic imine (C=N–C) groups is 1. The van der Waals surface area contributed by atoms with Crippen molar-refractivity contribution in [3.63, 3.8) is 0 Å². The molecular weight excluding hydrogens is 275 g/mol. The van der Waals surface area contributed by atoms with Crippen LogP contribution in [0.25, 0.3) is 0 Å². The molecule has 0 fully saturated rings.